The zero-order chi connectivity index (χ0) is 27.5. The van der Waals surface area contributed by atoms with Gasteiger partial charge in [-0.1, -0.05) is 30.3 Å². The molecule has 1 aliphatic rings. The van der Waals surface area contributed by atoms with E-state index in [1.54, 1.807) is 30.5 Å². The Bertz CT molecular complexity index is 1060. The van der Waals surface area contributed by atoms with Crippen LogP contribution in [0.25, 0.3) is 0 Å². The van der Waals surface area contributed by atoms with Crippen LogP contribution in [0.3, 0.4) is 0 Å². The number of hydrogen-bond donors (Lipinski definition) is 6. The normalized spacial score (nSPS) is 17.4. The van der Waals surface area contributed by atoms with Crippen LogP contribution in [0, 0.1) is 0 Å². The number of benzene rings is 1. The number of aromatic amines is 1. The zero-order valence-electron chi connectivity index (χ0n) is 21.3. The molecule has 0 aliphatic carbocycles. The first-order valence-corrected chi connectivity index (χ1v) is 12.9. The number of rotatable bonds is 14. The van der Waals surface area contributed by atoms with Gasteiger partial charge < -0.3 is 37.1 Å². The molecule has 3 rings (SSSR count). The lowest BCUT2D eigenvalue weighted by Crippen LogP contribution is -2.57. The van der Waals surface area contributed by atoms with E-state index in [4.69, 9.17) is 11.5 Å². The Morgan fingerprint density at radius 1 is 1.11 bits per heavy atom. The Morgan fingerprint density at radius 2 is 1.87 bits per heavy atom. The van der Waals surface area contributed by atoms with Crippen LogP contribution in [0.4, 0.5) is 0 Å². The number of aliphatic carboxylic acids is 1. The van der Waals surface area contributed by atoms with E-state index >= 15 is 0 Å². The second-order valence-electron chi connectivity index (χ2n) is 9.50. The number of carbonyl (C=O) groups excluding carboxylic acids is 3. The van der Waals surface area contributed by atoms with Gasteiger partial charge in [-0.2, -0.15) is 0 Å². The van der Waals surface area contributed by atoms with Gasteiger partial charge in [-0.05, 0) is 44.2 Å². The molecule has 0 spiro atoms. The summed E-state index contributed by atoms with van der Waals surface area (Å²) in [4.78, 5) is 59.7. The van der Waals surface area contributed by atoms with Crippen LogP contribution in [0.2, 0.25) is 0 Å². The second-order valence-corrected chi connectivity index (χ2v) is 9.50. The molecule has 1 fully saturated rings. The van der Waals surface area contributed by atoms with Crippen LogP contribution < -0.4 is 22.1 Å². The summed E-state index contributed by atoms with van der Waals surface area (Å²) < 4.78 is 0. The van der Waals surface area contributed by atoms with Crippen molar-refractivity contribution in [3.63, 3.8) is 0 Å². The summed E-state index contributed by atoms with van der Waals surface area (Å²) in [6, 6.07) is 5.22. The number of imidazole rings is 1. The van der Waals surface area contributed by atoms with Crippen molar-refractivity contribution in [2.75, 3.05) is 13.1 Å². The van der Waals surface area contributed by atoms with Gasteiger partial charge in [0, 0.05) is 25.6 Å². The van der Waals surface area contributed by atoms with Crippen LogP contribution >= 0.6 is 0 Å². The highest BCUT2D eigenvalue weighted by Crippen LogP contribution is 2.19. The molecule has 3 amide bonds. The van der Waals surface area contributed by atoms with Crippen molar-refractivity contribution in [3.8, 4) is 0 Å². The number of H-pyrrole nitrogens is 1. The van der Waals surface area contributed by atoms with E-state index in [-0.39, 0.29) is 25.2 Å². The van der Waals surface area contributed by atoms with Gasteiger partial charge in [-0.15, -0.1) is 0 Å². The Balaban J connectivity index is 1.66. The number of nitrogens with two attached hydrogens (primary N) is 2. The number of hydrogen-bond acceptors (Lipinski definition) is 7. The van der Waals surface area contributed by atoms with Crippen molar-refractivity contribution >= 4 is 23.7 Å². The highest BCUT2D eigenvalue weighted by molar-refractivity contribution is 5.94. The van der Waals surface area contributed by atoms with Crippen LogP contribution in [0.5, 0.6) is 0 Å². The number of amides is 3. The molecule has 206 valence electrons. The molecule has 12 heteroatoms. The fourth-order valence-corrected chi connectivity index (χ4v) is 4.58. The first-order chi connectivity index (χ1) is 18.3. The maximum Gasteiger partial charge on any atom is 0.326 e. The molecule has 4 atom stereocenters. The van der Waals surface area contributed by atoms with E-state index in [1.165, 1.54) is 11.2 Å². The summed E-state index contributed by atoms with van der Waals surface area (Å²) in [6.45, 7) is 0.806. The quantitative estimate of drug-likeness (QED) is 0.180. The Morgan fingerprint density at radius 3 is 2.53 bits per heavy atom. The monoisotopic (exact) mass is 527 g/mol. The average Bonchev–Trinajstić information content (AvgIpc) is 3.60. The van der Waals surface area contributed by atoms with Gasteiger partial charge in [0.2, 0.25) is 17.7 Å². The van der Waals surface area contributed by atoms with Crippen molar-refractivity contribution in [1.82, 2.24) is 25.5 Å². The van der Waals surface area contributed by atoms with Crippen LogP contribution in [-0.2, 0) is 32.0 Å². The largest absolute Gasteiger partial charge is 0.480 e. The number of unbranched alkanes of at least 4 members (excludes halogenated alkanes) is 1. The minimum atomic E-state index is -1.17. The van der Waals surface area contributed by atoms with Gasteiger partial charge in [0.25, 0.3) is 0 Å². The Labute approximate surface area is 221 Å². The summed E-state index contributed by atoms with van der Waals surface area (Å²) in [5.41, 5.74) is 13.1. The van der Waals surface area contributed by atoms with E-state index < -0.39 is 42.0 Å². The predicted octanol–water partition coefficient (Wildman–Crippen LogP) is -0.304. The summed E-state index contributed by atoms with van der Waals surface area (Å²) in [5, 5.41) is 15.0. The molecule has 1 saturated heterocycles. The molecule has 2 heterocycles. The molecule has 38 heavy (non-hydrogen) atoms. The third kappa shape index (κ3) is 8.12. The molecule has 0 saturated carbocycles. The van der Waals surface area contributed by atoms with E-state index in [0.717, 1.165) is 5.56 Å². The fraction of sp³-hybridized carbons (Fsp3) is 0.500. The maximum atomic E-state index is 13.3. The van der Waals surface area contributed by atoms with Gasteiger partial charge in [0.15, 0.2) is 0 Å². The molecule has 8 N–H and O–H groups in total. The standard InChI is InChI=1S/C26H37N7O5/c27-11-5-4-9-20(23(34)32-21(26(37)38)13-17-7-2-1-3-8-17)31-24(35)22-10-6-12-33(22)25(36)19(28)14-18-15-29-16-30-18/h1-3,7-8,15-16,19-22H,4-6,9-14,27-28H2,(H,29,30)(H,31,35)(H,32,34)(H,37,38)/t19-,20-,21-,22-/m0/s1. The van der Waals surface area contributed by atoms with Gasteiger partial charge >= 0.3 is 5.97 Å². The fourth-order valence-electron chi connectivity index (χ4n) is 4.58. The average molecular weight is 528 g/mol. The summed E-state index contributed by atoms with van der Waals surface area (Å²) in [7, 11) is 0. The molecule has 2 aromatic rings. The lowest BCUT2D eigenvalue weighted by Gasteiger charge is -2.28. The number of likely N-dealkylation sites (tertiary alicyclic amines) is 1. The third-order valence-corrected chi connectivity index (χ3v) is 6.62. The summed E-state index contributed by atoms with van der Waals surface area (Å²) in [6.07, 6.45) is 6.05. The summed E-state index contributed by atoms with van der Waals surface area (Å²) >= 11 is 0. The third-order valence-electron chi connectivity index (χ3n) is 6.62. The predicted molar refractivity (Wildman–Crippen MR) is 140 cm³/mol. The maximum absolute atomic E-state index is 13.3. The van der Waals surface area contributed by atoms with Crippen molar-refractivity contribution in [1.29, 1.82) is 0 Å². The molecule has 0 bridgehead atoms. The van der Waals surface area contributed by atoms with E-state index in [2.05, 4.69) is 20.6 Å². The molecule has 0 radical (unpaired) electrons. The number of nitrogens with zero attached hydrogens (tertiary/aromatic N) is 2. The second kappa shape index (κ2) is 14.2. The van der Waals surface area contributed by atoms with Gasteiger partial charge in [-0.25, -0.2) is 9.78 Å². The minimum absolute atomic E-state index is 0.101. The zero-order valence-corrected chi connectivity index (χ0v) is 21.3. The molecular weight excluding hydrogens is 490 g/mol. The molecule has 1 aromatic heterocycles. The van der Waals surface area contributed by atoms with E-state index in [1.807, 2.05) is 6.07 Å². The lowest BCUT2D eigenvalue weighted by atomic mass is 10.0. The number of carboxylic acid groups (broad SMARTS) is 1. The number of aromatic nitrogens is 2. The molecule has 0 unspecified atom stereocenters. The number of carbonyl (C=O) groups is 4. The summed E-state index contributed by atoms with van der Waals surface area (Å²) in [5.74, 6) is -2.59. The van der Waals surface area contributed by atoms with Gasteiger partial charge in [0.05, 0.1) is 18.1 Å². The van der Waals surface area contributed by atoms with Gasteiger partial charge in [0.1, 0.15) is 18.1 Å². The lowest BCUT2D eigenvalue weighted by molar-refractivity contribution is -0.143. The Kier molecular flexibility index (Phi) is 10.8. The molecule has 1 aromatic carbocycles. The first-order valence-electron chi connectivity index (χ1n) is 12.9. The molecular formula is C26H37N7O5. The van der Waals surface area contributed by atoms with Gasteiger partial charge in [-0.3, -0.25) is 14.4 Å². The van der Waals surface area contributed by atoms with Crippen LogP contribution in [-0.4, -0.2) is 80.9 Å². The van der Waals surface area contributed by atoms with Crippen molar-refractivity contribution in [2.24, 2.45) is 11.5 Å². The number of carboxylic acids is 1. The van der Waals surface area contributed by atoms with Crippen molar-refractivity contribution < 1.29 is 24.3 Å². The van der Waals surface area contributed by atoms with Crippen molar-refractivity contribution in [2.45, 2.75) is 69.1 Å². The SMILES string of the molecule is NCCCC[C@H](NC(=O)[C@@H]1CCCN1C(=O)[C@@H](N)Cc1c[nH]cn1)C(=O)N[C@@H](Cc1ccccc1)C(=O)O. The smallest absolute Gasteiger partial charge is 0.326 e. The van der Waals surface area contributed by atoms with Crippen LogP contribution in [0.15, 0.2) is 42.9 Å². The molecule has 1 aliphatic heterocycles. The topological polar surface area (TPSA) is 197 Å². The highest BCUT2D eigenvalue weighted by Gasteiger charge is 2.38. The minimum Gasteiger partial charge on any atom is -0.480 e. The van der Waals surface area contributed by atoms with Crippen LogP contribution in [0.1, 0.15) is 43.4 Å². The van der Waals surface area contributed by atoms with E-state index in [9.17, 15) is 24.3 Å². The first kappa shape index (κ1) is 28.8. The number of nitrogens with one attached hydrogen (secondary N) is 3. The van der Waals surface area contributed by atoms with Crippen molar-refractivity contribution in [3.05, 3.63) is 54.1 Å². The molecule has 12 nitrogen and oxygen atoms in total. The highest BCUT2D eigenvalue weighted by atomic mass is 16.4. The van der Waals surface area contributed by atoms with E-state index in [0.29, 0.717) is 44.5 Å². The Hall–Kier alpha value is -3.77.